The molecule has 4 aliphatic carbocycles. The van der Waals surface area contributed by atoms with Gasteiger partial charge < -0.3 is 5.21 Å². The number of oxime groups is 2. The summed E-state index contributed by atoms with van der Waals surface area (Å²) in [6.07, 6.45) is 11.0. The van der Waals surface area contributed by atoms with Crippen LogP contribution in [0.25, 0.3) is 6.08 Å². The molecule has 1 aromatic rings. The van der Waals surface area contributed by atoms with Crippen LogP contribution in [0.1, 0.15) is 56.9 Å². The van der Waals surface area contributed by atoms with E-state index in [1.165, 1.54) is 37.8 Å². The van der Waals surface area contributed by atoms with Crippen molar-refractivity contribution in [3.8, 4) is 0 Å². The fourth-order valence-corrected chi connectivity index (χ4v) is 5.95. The highest BCUT2D eigenvalue weighted by molar-refractivity contribution is 7.86. The molecule has 4 saturated carbocycles. The quantitative estimate of drug-likeness (QED) is 0.561. The molecule has 29 heavy (non-hydrogen) atoms. The van der Waals surface area contributed by atoms with E-state index in [4.69, 9.17) is 9.49 Å². The van der Waals surface area contributed by atoms with Gasteiger partial charge in [0, 0.05) is 11.8 Å². The molecule has 1 N–H and O–H groups in total. The summed E-state index contributed by atoms with van der Waals surface area (Å²) in [6, 6.07) is 6.39. The van der Waals surface area contributed by atoms with Crippen LogP contribution in [-0.4, -0.2) is 25.0 Å². The van der Waals surface area contributed by atoms with E-state index in [9.17, 15) is 8.42 Å². The molecule has 0 spiro atoms. The van der Waals surface area contributed by atoms with Crippen molar-refractivity contribution in [3.05, 3.63) is 36.4 Å². The van der Waals surface area contributed by atoms with E-state index in [0.29, 0.717) is 17.8 Å². The molecule has 7 heteroatoms. The first-order valence-corrected chi connectivity index (χ1v) is 11.8. The van der Waals surface area contributed by atoms with E-state index in [0.717, 1.165) is 48.6 Å². The number of fused-ring (bicyclic) bond motifs is 4. The monoisotopic (exact) mass is 416 g/mol. The van der Waals surface area contributed by atoms with Crippen LogP contribution in [0.4, 0.5) is 0 Å². The van der Waals surface area contributed by atoms with Crippen molar-refractivity contribution in [2.75, 3.05) is 0 Å². The standard InChI is InChI=1S/C15H17NO3S.C7H11NO/c1-2-11-4-7-14(8-5-11)20(17,18)19-16-15-10-12-3-6-13(15)9-12;9-8-7-4-5-1-2-6(7)3-5/h2,4-5,7-8,12-13H,1,3,6,9-10H2;5-6,9H,1-4H2. The molecule has 156 valence electrons. The molecule has 6 nitrogen and oxygen atoms in total. The van der Waals surface area contributed by atoms with E-state index >= 15 is 0 Å². The Kier molecular flexibility index (Phi) is 5.76. The second kappa shape index (κ2) is 8.30. The summed E-state index contributed by atoms with van der Waals surface area (Å²) in [6.45, 7) is 3.63. The van der Waals surface area contributed by atoms with Crippen molar-refractivity contribution in [3.63, 3.8) is 0 Å². The molecule has 1 aromatic carbocycles. The second-order valence-electron chi connectivity index (χ2n) is 8.64. The van der Waals surface area contributed by atoms with Crippen molar-refractivity contribution in [2.45, 2.75) is 56.3 Å². The Morgan fingerprint density at radius 3 is 1.97 bits per heavy atom. The first-order valence-electron chi connectivity index (χ1n) is 10.4. The smallest absolute Gasteiger partial charge is 0.358 e. The first kappa shape index (κ1) is 20.1. The van der Waals surface area contributed by atoms with E-state index in [2.05, 4.69) is 16.9 Å². The summed E-state index contributed by atoms with van der Waals surface area (Å²) in [5.41, 5.74) is 2.84. The van der Waals surface area contributed by atoms with E-state index in [1.807, 2.05) is 0 Å². The van der Waals surface area contributed by atoms with Crippen molar-refractivity contribution >= 4 is 27.6 Å². The van der Waals surface area contributed by atoms with Crippen LogP contribution < -0.4 is 0 Å². The van der Waals surface area contributed by atoms with Crippen molar-refractivity contribution in [1.82, 2.24) is 0 Å². The lowest BCUT2D eigenvalue weighted by molar-refractivity contribution is 0.313. The Morgan fingerprint density at radius 1 is 0.966 bits per heavy atom. The molecule has 0 heterocycles. The second-order valence-corrected chi connectivity index (χ2v) is 10.2. The van der Waals surface area contributed by atoms with Crippen LogP contribution in [0.15, 0.2) is 46.1 Å². The Balaban J connectivity index is 0.000000188. The molecule has 0 radical (unpaired) electrons. The number of hydrogen-bond donors (Lipinski definition) is 1. The number of nitrogens with zero attached hydrogens (tertiary/aromatic N) is 2. The molecule has 0 amide bonds. The summed E-state index contributed by atoms with van der Waals surface area (Å²) in [7, 11) is -3.81. The Hall–Kier alpha value is -2.15. The lowest BCUT2D eigenvalue weighted by Gasteiger charge is -2.11. The summed E-state index contributed by atoms with van der Waals surface area (Å²) in [4.78, 5) is 0.121. The van der Waals surface area contributed by atoms with Crippen LogP contribution in [0.5, 0.6) is 0 Å². The Bertz CT molecular complexity index is 921. The lowest BCUT2D eigenvalue weighted by atomic mass is 9.99. The molecule has 4 aliphatic rings. The predicted octanol–water partition coefficient (Wildman–Crippen LogP) is 4.85. The molecule has 4 unspecified atom stereocenters. The molecule has 5 rings (SSSR count). The average Bonchev–Trinajstić information content (AvgIpc) is 3.54. The van der Waals surface area contributed by atoms with E-state index < -0.39 is 10.1 Å². The third kappa shape index (κ3) is 4.39. The summed E-state index contributed by atoms with van der Waals surface area (Å²) in [5.74, 6) is 2.62. The van der Waals surface area contributed by atoms with Gasteiger partial charge in [-0.05, 0) is 80.9 Å². The minimum Gasteiger partial charge on any atom is -0.411 e. The summed E-state index contributed by atoms with van der Waals surface area (Å²) < 4.78 is 28.9. The van der Waals surface area contributed by atoms with E-state index in [-0.39, 0.29) is 4.90 Å². The summed E-state index contributed by atoms with van der Waals surface area (Å²) >= 11 is 0. The highest BCUT2D eigenvalue weighted by Gasteiger charge is 2.38. The largest absolute Gasteiger partial charge is 0.411 e. The van der Waals surface area contributed by atoms with Gasteiger partial charge in [-0.25, -0.2) is 0 Å². The SMILES string of the molecule is C=Cc1ccc(S(=O)(=O)ON=C2CC3CCC2C3)cc1.ON=C1CC2CCC1C2. The highest BCUT2D eigenvalue weighted by atomic mass is 32.2. The molecule has 4 bridgehead atoms. The minimum absolute atomic E-state index is 0.121. The maximum absolute atomic E-state index is 12.0. The van der Waals surface area contributed by atoms with Crippen molar-refractivity contribution in [1.29, 1.82) is 0 Å². The third-order valence-electron chi connectivity index (χ3n) is 6.81. The van der Waals surface area contributed by atoms with Gasteiger partial charge in [-0.3, -0.25) is 4.28 Å². The molecular formula is C22H28N2O4S. The fraction of sp³-hybridized carbons (Fsp3) is 0.545. The lowest BCUT2D eigenvalue weighted by Crippen LogP contribution is -2.12. The van der Waals surface area contributed by atoms with Gasteiger partial charge in [0.05, 0.1) is 11.4 Å². The maximum atomic E-state index is 12.0. The Morgan fingerprint density at radius 2 is 1.55 bits per heavy atom. The van der Waals surface area contributed by atoms with Crippen LogP contribution in [-0.2, 0) is 14.4 Å². The van der Waals surface area contributed by atoms with Crippen LogP contribution >= 0.6 is 0 Å². The van der Waals surface area contributed by atoms with Gasteiger partial charge in [0.2, 0.25) is 0 Å². The number of rotatable bonds is 4. The summed E-state index contributed by atoms with van der Waals surface area (Å²) in [5, 5.41) is 15.7. The van der Waals surface area contributed by atoms with Gasteiger partial charge in [-0.15, -0.1) is 0 Å². The fourth-order valence-electron chi connectivity index (χ4n) is 5.20. The number of benzene rings is 1. The zero-order chi connectivity index (χ0) is 20.4. The topological polar surface area (TPSA) is 88.3 Å². The molecular weight excluding hydrogens is 388 g/mol. The molecule has 4 atom stereocenters. The van der Waals surface area contributed by atoms with Crippen LogP contribution in [0.2, 0.25) is 0 Å². The molecule has 0 saturated heterocycles. The van der Waals surface area contributed by atoms with Crippen LogP contribution in [0, 0.1) is 23.7 Å². The zero-order valence-electron chi connectivity index (χ0n) is 16.5. The van der Waals surface area contributed by atoms with Gasteiger partial charge >= 0.3 is 10.1 Å². The zero-order valence-corrected chi connectivity index (χ0v) is 17.4. The van der Waals surface area contributed by atoms with Gasteiger partial charge in [0.1, 0.15) is 4.90 Å². The first-order chi connectivity index (χ1) is 14.0. The van der Waals surface area contributed by atoms with Gasteiger partial charge in [0.25, 0.3) is 0 Å². The maximum Gasteiger partial charge on any atom is 0.358 e. The van der Waals surface area contributed by atoms with E-state index in [1.54, 1.807) is 18.2 Å². The average molecular weight is 417 g/mol. The van der Waals surface area contributed by atoms with Gasteiger partial charge in [0.15, 0.2) is 0 Å². The normalized spacial score (nSPS) is 32.4. The Labute approximate surface area is 172 Å². The predicted molar refractivity (Wildman–Crippen MR) is 112 cm³/mol. The van der Waals surface area contributed by atoms with Gasteiger partial charge in [-0.1, -0.05) is 35.1 Å². The highest BCUT2D eigenvalue weighted by Crippen LogP contribution is 2.43. The van der Waals surface area contributed by atoms with Crippen molar-refractivity contribution < 1.29 is 17.9 Å². The van der Waals surface area contributed by atoms with Crippen LogP contribution in [0.3, 0.4) is 0 Å². The number of hydrogen-bond acceptors (Lipinski definition) is 6. The molecule has 0 aliphatic heterocycles. The van der Waals surface area contributed by atoms with Gasteiger partial charge in [-0.2, -0.15) is 8.42 Å². The van der Waals surface area contributed by atoms with Crippen molar-refractivity contribution in [2.24, 2.45) is 34.0 Å². The molecule has 4 fully saturated rings. The molecule has 0 aromatic heterocycles. The third-order valence-corrected chi connectivity index (χ3v) is 7.93. The minimum atomic E-state index is -3.81.